The Hall–Kier alpha value is -3.11. The summed E-state index contributed by atoms with van der Waals surface area (Å²) in [6.07, 6.45) is -0.253. The van der Waals surface area contributed by atoms with Crippen molar-refractivity contribution in [3.8, 4) is 0 Å². The van der Waals surface area contributed by atoms with E-state index in [0.29, 0.717) is 0 Å². The Balaban J connectivity index is 5.18. The largest absolute Gasteiger partial charge is 0.480 e. The quantitative estimate of drug-likeness (QED) is 0.0424. The van der Waals surface area contributed by atoms with Crippen LogP contribution in [-0.4, -0.2) is 88.8 Å². The number of primary amides is 1. The Morgan fingerprint density at radius 1 is 0.879 bits per heavy atom. The third-order valence-electron chi connectivity index (χ3n) is 4.22. The van der Waals surface area contributed by atoms with Gasteiger partial charge >= 0.3 is 5.97 Å². The van der Waals surface area contributed by atoms with Crippen LogP contribution in [0.15, 0.2) is 4.99 Å². The van der Waals surface area contributed by atoms with E-state index in [4.69, 9.17) is 22.9 Å². The highest BCUT2D eigenvalue weighted by Crippen LogP contribution is 2.02. The molecule has 0 rings (SSSR count). The summed E-state index contributed by atoms with van der Waals surface area (Å²) in [5.74, 6) is -4.88. The van der Waals surface area contributed by atoms with Gasteiger partial charge in [-0.05, 0) is 19.3 Å². The van der Waals surface area contributed by atoms with Crippen LogP contribution in [0.4, 0.5) is 0 Å². The predicted molar refractivity (Wildman–Crippen MR) is 121 cm³/mol. The van der Waals surface area contributed by atoms with E-state index in [1.165, 1.54) is 0 Å². The van der Waals surface area contributed by atoms with Crippen molar-refractivity contribution in [3.05, 3.63) is 0 Å². The van der Waals surface area contributed by atoms with Crippen LogP contribution in [0.3, 0.4) is 0 Å². The number of carbonyl (C=O) groups is 5. The molecule has 0 heterocycles. The van der Waals surface area contributed by atoms with E-state index in [9.17, 15) is 34.2 Å². The molecule has 33 heavy (non-hydrogen) atoms. The van der Waals surface area contributed by atoms with E-state index in [-0.39, 0.29) is 43.9 Å². The van der Waals surface area contributed by atoms with Crippen molar-refractivity contribution in [2.45, 2.75) is 49.9 Å². The molecule has 0 saturated carbocycles. The lowest BCUT2D eigenvalue weighted by atomic mass is 10.1. The van der Waals surface area contributed by atoms with Gasteiger partial charge in [0, 0.05) is 18.7 Å². The van der Waals surface area contributed by atoms with Gasteiger partial charge in [-0.1, -0.05) is 0 Å². The number of thiol groups is 1. The molecule has 15 nitrogen and oxygen atoms in total. The van der Waals surface area contributed by atoms with E-state index in [1.54, 1.807) is 0 Å². The molecule has 0 aliphatic rings. The number of aliphatic hydroxyl groups excluding tert-OH is 1. The number of rotatable bonds is 16. The van der Waals surface area contributed by atoms with E-state index in [2.05, 4.69) is 33.6 Å². The van der Waals surface area contributed by atoms with Gasteiger partial charge in [0.25, 0.3) is 0 Å². The fraction of sp³-hybridized carbons (Fsp3) is 0.647. The van der Waals surface area contributed by atoms with Gasteiger partial charge in [-0.3, -0.25) is 24.2 Å². The average Bonchev–Trinajstić information content (AvgIpc) is 2.75. The van der Waals surface area contributed by atoms with E-state index < -0.39 is 60.4 Å². The molecule has 0 spiro atoms. The van der Waals surface area contributed by atoms with Crippen molar-refractivity contribution in [2.75, 3.05) is 18.9 Å². The van der Waals surface area contributed by atoms with Gasteiger partial charge in [-0.15, -0.1) is 0 Å². The first-order valence-corrected chi connectivity index (χ1v) is 10.5. The predicted octanol–water partition coefficient (Wildman–Crippen LogP) is -4.91. The zero-order valence-electron chi connectivity index (χ0n) is 17.9. The van der Waals surface area contributed by atoms with Crippen LogP contribution in [0, 0.1) is 0 Å². The van der Waals surface area contributed by atoms with Crippen molar-refractivity contribution in [3.63, 3.8) is 0 Å². The van der Waals surface area contributed by atoms with Gasteiger partial charge in [0.05, 0.1) is 12.6 Å². The fourth-order valence-corrected chi connectivity index (χ4v) is 2.58. The van der Waals surface area contributed by atoms with Gasteiger partial charge in [0.1, 0.15) is 18.1 Å². The van der Waals surface area contributed by atoms with Gasteiger partial charge in [-0.25, -0.2) is 4.79 Å². The van der Waals surface area contributed by atoms with Crippen molar-refractivity contribution in [2.24, 2.45) is 27.9 Å². The van der Waals surface area contributed by atoms with Crippen molar-refractivity contribution in [1.29, 1.82) is 0 Å². The third kappa shape index (κ3) is 12.5. The highest BCUT2D eigenvalue weighted by molar-refractivity contribution is 7.80. The number of nitrogens with zero attached hydrogens (tertiary/aromatic N) is 1. The molecule has 0 aromatic heterocycles. The maximum Gasteiger partial charge on any atom is 0.326 e. The number of carbonyl (C=O) groups excluding carboxylic acids is 4. The van der Waals surface area contributed by atoms with Crippen molar-refractivity contribution < 1.29 is 34.2 Å². The second kappa shape index (κ2) is 15.7. The van der Waals surface area contributed by atoms with Gasteiger partial charge < -0.3 is 49.1 Å². The first-order valence-electron chi connectivity index (χ1n) is 9.87. The monoisotopic (exact) mass is 492 g/mol. The molecular weight excluding hydrogens is 460 g/mol. The number of hydrogen-bond donors (Lipinski definition) is 10. The molecule has 4 atom stereocenters. The second-order valence-corrected chi connectivity index (χ2v) is 7.31. The Labute approximate surface area is 195 Å². The molecule has 0 saturated heterocycles. The maximum atomic E-state index is 12.6. The minimum Gasteiger partial charge on any atom is -0.480 e. The molecule has 16 heteroatoms. The minimum absolute atomic E-state index is 0.0164. The van der Waals surface area contributed by atoms with Crippen LogP contribution < -0.4 is 38.9 Å². The lowest BCUT2D eigenvalue weighted by molar-refractivity contribution is -0.142. The first-order chi connectivity index (χ1) is 15.4. The highest BCUT2D eigenvalue weighted by Gasteiger charge is 2.30. The Morgan fingerprint density at radius 3 is 1.91 bits per heavy atom. The molecular formula is C17H32N8O7S. The molecule has 4 unspecified atom stereocenters. The number of hydrogen-bond acceptors (Lipinski definition) is 9. The molecule has 0 aliphatic heterocycles. The molecule has 0 aliphatic carbocycles. The molecule has 4 amide bonds. The summed E-state index contributed by atoms with van der Waals surface area (Å²) >= 11 is 3.89. The topological polar surface area (TPSA) is 278 Å². The standard InChI is InChI=1S/C17H32N8O7S/c18-8(7-33)13(28)23-9(3-4-12(19)27)14(29)25-11(6-26)15(30)24-10(16(31)32)2-1-5-22-17(20)21/h8-11,26,33H,1-7,18H2,(H2,19,27)(H,23,28)(H,24,30)(H,25,29)(H,31,32)(H4,20,21,22). The summed E-state index contributed by atoms with van der Waals surface area (Å²) < 4.78 is 0. The Morgan fingerprint density at radius 2 is 1.42 bits per heavy atom. The van der Waals surface area contributed by atoms with Crippen LogP contribution in [0.5, 0.6) is 0 Å². The average molecular weight is 493 g/mol. The van der Waals surface area contributed by atoms with E-state index in [1.807, 2.05) is 0 Å². The molecule has 0 fully saturated rings. The lowest BCUT2D eigenvalue weighted by Gasteiger charge is -2.24. The minimum atomic E-state index is -1.54. The van der Waals surface area contributed by atoms with Crippen molar-refractivity contribution in [1.82, 2.24) is 16.0 Å². The van der Waals surface area contributed by atoms with E-state index >= 15 is 0 Å². The number of amides is 4. The summed E-state index contributed by atoms with van der Waals surface area (Å²) in [4.78, 5) is 63.2. The van der Waals surface area contributed by atoms with Gasteiger partial charge in [-0.2, -0.15) is 12.6 Å². The molecule has 0 bridgehead atoms. The Bertz CT molecular complexity index is 732. The number of carboxylic acids is 1. The normalized spacial score (nSPS) is 14.2. The maximum absolute atomic E-state index is 12.6. The van der Waals surface area contributed by atoms with Gasteiger partial charge in [0.2, 0.25) is 23.6 Å². The van der Waals surface area contributed by atoms with E-state index in [0.717, 1.165) is 0 Å². The second-order valence-electron chi connectivity index (χ2n) is 6.95. The zero-order chi connectivity index (χ0) is 25.6. The SMILES string of the molecule is NC(=O)CCC(NC(=O)C(N)CS)C(=O)NC(CO)C(=O)NC(CCCN=C(N)N)C(=O)O. The molecule has 0 aromatic carbocycles. The van der Waals surface area contributed by atoms with Gasteiger partial charge in [0.15, 0.2) is 5.96 Å². The first kappa shape index (κ1) is 29.9. The van der Waals surface area contributed by atoms with Crippen LogP contribution in [-0.2, 0) is 24.0 Å². The van der Waals surface area contributed by atoms with Crippen molar-refractivity contribution >= 4 is 48.2 Å². The number of nitrogens with two attached hydrogens (primary N) is 4. The summed E-state index contributed by atoms with van der Waals surface area (Å²) in [6.45, 7) is -0.734. The fourth-order valence-electron chi connectivity index (χ4n) is 2.42. The summed E-state index contributed by atoms with van der Waals surface area (Å²) in [7, 11) is 0. The number of aliphatic imine (C=N–C) groups is 1. The smallest absolute Gasteiger partial charge is 0.326 e. The number of aliphatic hydroxyl groups is 1. The molecule has 188 valence electrons. The number of aliphatic carboxylic acids is 1. The van der Waals surface area contributed by atoms with Crippen LogP contribution >= 0.6 is 12.6 Å². The summed E-state index contributed by atoms with van der Waals surface area (Å²) in [6, 6.07) is -5.21. The molecule has 0 radical (unpaired) electrons. The lowest BCUT2D eigenvalue weighted by Crippen LogP contribution is -2.58. The number of nitrogens with one attached hydrogen (secondary N) is 3. The zero-order valence-corrected chi connectivity index (χ0v) is 18.8. The highest BCUT2D eigenvalue weighted by atomic mass is 32.1. The molecule has 0 aromatic rings. The van der Waals surface area contributed by atoms with Crippen LogP contribution in [0.25, 0.3) is 0 Å². The number of guanidine groups is 1. The third-order valence-corrected chi connectivity index (χ3v) is 4.61. The Kier molecular flexibility index (Phi) is 14.2. The number of carboxylic acid groups (broad SMARTS) is 1. The summed E-state index contributed by atoms with van der Waals surface area (Å²) in [5, 5.41) is 25.5. The van der Waals surface area contributed by atoms with Crippen LogP contribution in [0.2, 0.25) is 0 Å². The summed E-state index contributed by atoms with van der Waals surface area (Å²) in [5.41, 5.74) is 21.0. The van der Waals surface area contributed by atoms with Crippen LogP contribution in [0.1, 0.15) is 25.7 Å². The molecule has 13 N–H and O–H groups in total.